The van der Waals surface area contributed by atoms with Crippen LogP contribution in [-0.4, -0.2) is 31.7 Å². The Balaban J connectivity index is 1.94. The van der Waals surface area contributed by atoms with E-state index < -0.39 is 0 Å². The van der Waals surface area contributed by atoms with E-state index >= 15 is 0 Å². The molecular weight excluding hydrogens is 204 g/mol. The molecule has 1 aromatic carbocycles. The SMILES string of the molecule is COC1COC(Cc2ccccc2)C(=O)C1. The van der Waals surface area contributed by atoms with Crippen molar-refractivity contribution in [2.75, 3.05) is 13.7 Å². The van der Waals surface area contributed by atoms with Gasteiger partial charge in [0.15, 0.2) is 5.78 Å². The van der Waals surface area contributed by atoms with Crippen LogP contribution in [0.3, 0.4) is 0 Å². The van der Waals surface area contributed by atoms with Gasteiger partial charge in [-0.3, -0.25) is 4.79 Å². The van der Waals surface area contributed by atoms with E-state index in [0.717, 1.165) is 5.56 Å². The molecule has 2 rings (SSSR count). The Hall–Kier alpha value is -1.19. The monoisotopic (exact) mass is 220 g/mol. The van der Waals surface area contributed by atoms with Crippen LogP contribution in [-0.2, 0) is 20.7 Å². The smallest absolute Gasteiger partial charge is 0.164 e. The van der Waals surface area contributed by atoms with E-state index in [1.807, 2.05) is 30.3 Å². The maximum Gasteiger partial charge on any atom is 0.164 e. The number of Topliss-reactive ketones (excluding diaryl/α,β-unsaturated/α-hetero) is 1. The molecule has 3 nitrogen and oxygen atoms in total. The number of carbonyl (C=O) groups excluding carboxylic acids is 1. The third-order valence-electron chi connectivity index (χ3n) is 2.87. The molecule has 0 spiro atoms. The summed E-state index contributed by atoms with van der Waals surface area (Å²) in [5.41, 5.74) is 1.14. The van der Waals surface area contributed by atoms with Gasteiger partial charge >= 0.3 is 0 Å². The molecule has 1 aliphatic heterocycles. The molecule has 0 N–H and O–H groups in total. The number of hydrogen-bond acceptors (Lipinski definition) is 3. The summed E-state index contributed by atoms with van der Waals surface area (Å²) in [5, 5.41) is 0. The number of rotatable bonds is 3. The molecular formula is C13H16O3. The highest BCUT2D eigenvalue weighted by Gasteiger charge is 2.29. The zero-order valence-electron chi connectivity index (χ0n) is 9.39. The number of hydrogen-bond donors (Lipinski definition) is 0. The first kappa shape index (κ1) is 11.3. The van der Waals surface area contributed by atoms with Crippen molar-refractivity contribution in [1.29, 1.82) is 0 Å². The second kappa shape index (κ2) is 5.23. The van der Waals surface area contributed by atoms with Gasteiger partial charge < -0.3 is 9.47 Å². The van der Waals surface area contributed by atoms with E-state index in [1.54, 1.807) is 7.11 Å². The summed E-state index contributed by atoms with van der Waals surface area (Å²) in [5.74, 6) is 0.141. The Morgan fingerprint density at radius 3 is 2.75 bits per heavy atom. The lowest BCUT2D eigenvalue weighted by Crippen LogP contribution is -2.39. The summed E-state index contributed by atoms with van der Waals surface area (Å²) in [4.78, 5) is 11.8. The molecule has 2 atom stereocenters. The van der Waals surface area contributed by atoms with E-state index in [2.05, 4.69) is 0 Å². The summed E-state index contributed by atoms with van der Waals surface area (Å²) in [6.45, 7) is 0.514. The Morgan fingerprint density at radius 2 is 2.12 bits per heavy atom. The first-order chi connectivity index (χ1) is 7.79. The minimum atomic E-state index is -0.297. The van der Waals surface area contributed by atoms with E-state index in [9.17, 15) is 4.79 Å². The molecule has 0 radical (unpaired) electrons. The third-order valence-corrected chi connectivity index (χ3v) is 2.87. The van der Waals surface area contributed by atoms with Crippen LogP contribution in [0.5, 0.6) is 0 Å². The fourth-order valence-corrected chi connectivity index (χ4v) is 1.88. The Kier molecular flexibility index (Phi) is 3.70. The van der Waals surface area contributed by atoms with Crippen molar-refractivity contribution in [3.8, 4) is 0 Å². The van der Waals surface area contributed by atoms with Gasteiger partial charge in [-0.05, 0) is 5.56 Å². The van der Waals surface area contributed by atoms with Crippen molar-refractivity contribution in [2.45, 2.75) is 25.0 Å². The first-order valence-corrected chi connectivity index (χ1v) is 5.50. The van der Waals surface area contributed by atoms with Crippen LogP contribution < -0.4 is 0 Å². The van der Waals surface area contributed by atoms with Crippen LogP contribution >= 0.6 is 0 Å². The molecule has 1 fully saturated rings. The molecule has 86 valence electrons. The Labute approximate surface area is 95.4 Å². The average molecular weight is 220 g/mol. The number of methoxy groups -OCH3 is 1. The Bertz CT molecular complexity index is 347. The highest BCUT2D eigenvalue weighted by atomic mass is 16.5. The molecule has 0 saturated carbocycles. The van der Waals surface area contributed by atoms with Crippen LogP contribution in [0.25, 0.3) is 0 Å². The fourth-order valence-electron chi connectivity index (χ4n) is 1.88. The van der Waals surface area contributed by atoms with Crippen LogP contribution in [0.15, 0.2) is 30.3 Å². The number of ether oxygens (including phenoxy) is 2. The molecule has 1 heterocycles. The van der Waals surface area contributed by atoms with Gasteiger partial charge in [-0.2, -0.15) is 0 Å². The Morgan fingerprint density at radius 1 is 1.38 bits per heavy atom. The van der Waals surface area contributed by atoms with Crippen molar-refractivity contribution < 1.29 is 14.3 Å². The number of carbonyl (C=O) groups is 1. The molecule has 1 aromatic rings. The predicted octanol–water partition coefficient (Wildman–Crippen LogP) is 1.60. The van der Waals surface area contributed by atoms with Crippen molar-refractivity contribution >= 4 is 5.78 Å². The zero-order valence-corrected chi connectivity index (χ0v) is 9.39. The van der Waals surface area contributed by atoms with Gasteiger partial charge in [-0.15, -0.1) is 0 Å². The zero-order chi connectivity index (χ0) is 11.4. The van der Waals surface area contributed by atoms with Gasteiger partial charge in [0.1, 0.15) is 6.10 Å². The minimum absolute atomic E-state index is 0.0699. The number of ketones is 1. The van der Waals surface area contributed by atoms with Crippen molar-refractivity contribution in [1.82, 2.24) is 0 Å². The molecule has 16 heavy (non-hydrogen) atoms. The maximum atomic E-state index is 11.8. The van der Waals surface area contributed by atoms with Crippen LogP contribution in [0.4, 0.5) is 0 Å². The van der Waals surface area contributed by atoms with Gasteiger partial charge in [-0.1, -0.05) is 30.3 Å². The molecule has 0 amide bonds. The third kappa shape index (κ3) is 2.68. The summed E-state index contributed by atoms with van der Waals surface area (Å²) in [6, 6.07) is 9.94. The average Bonchev–Trinajstić information content (AvgIpc) is 2.33. The summed E-state index contributed by atoms with van der Waals surface area (Å²) in [6.07, 6.45) is 0.762. The van der Waals surface area contributed by atoms with Crippen LogP contribution in [0.1, 0.15) is 12.0 Å². The van der Waals surface area contributed by atoms with E-state index in [4.69, 9.17) is 9.47 Å². The summed E-state index contributed by atoms with van der Waals surface area (Å²) >= 11 is 0. The second-order valence-corrected chi connectivity index (χ2v) is 4.04. The lowest BCUT2D eigenvalue weighted by atomic mass is 9.99. The summed E-state index contributed by atoms with van der Waals surface area (Å²) in [7, 11) is 1.61. The van der Waals surface area contributed by atoms with Gasteiger partial charge in [0.2, 0.25) is 0 Å². The fraction of sp³-hybridized carbons (Fsp3) is 0.462. The molecule has 2 unspecified atom stereocenters. The van der Waals surface area contributed by atoms with Gasteiger partial charge in [0, 0.05) is 20.0 Å². The van der Waals surface area contributed by atoms with Gasteiger partial charge in [0.05, 0.1) is 12.7 Å². The second-order valence-electron chi connectivity index (χ2n) is 4.04. The van der Waals surface area contributed by atoms with E-state index in [1.165, 1.54) is 0 Å². The normalized spacial score (nSPS) is 25.7. The van der Waals surface area contributed by atoms with Crippen molar-refractivity contribution in [3.63, 3.8) is 0 Å². The molecule has 0 aliphatic carbocycles. The van der Waals surface area contributed by atoms with E-state index in [0.29, 0.717) is 19.4 Å². The van der Waals surface area contributed by atoms with Gasteiger partial charge in [0.25, 0.3) is 0 Å². The van der Waals surface area contributed by atoms with Crippen LogP contribution in [0.2, 0.25) is 0 Å². The molecule has 1 saturated heterocycles. The molecule has 0 aromatic heterocycles. The molecule has 3 heteroatoms. The van der Waals surface area contributed by atoms with E-state index in [-0.39, 0.29) is 18.0 Å². The quantitative estimate of drug-likeness (QED) is 0.776. The van der Waals surface area contributed by atoms with Crippen molar-refractivity contribution in [2.24, 2.45) is 0 Å². The number of benzene rings is 1. The summed E-state index contributed by atoms with van der Waals surface area (Å²) < 4.78 is 10.6. The first-order valence-electron chi connectivity index (χ1n) is 5.50. The topological polar surface area (TPSA) is 35.5 Å². The highest BCUT2D eigenvalue weighted by molar-refractivity contribution is 5.84. The van der Waals surface area contributed by atoms with Gasteiger partial charge in [-0.25, -0.2) is 0 Å². The van der Waals surface area contributed by atoms with Crippen molar-refractivity contribution in [3.05, 3.63) is 35.9 Å². The largest absolute Gasteiger partial charge is 0.379 e. The lowest BCUT2D eigenvalue weighted by molar-refractivity contribution is -0.145. The lowest BCUT2D eigenvalue weighted by Gasteiger charge is -2.27. The van der Waals surface area contributed by atoms with Crippen LogP contribution in [0, 0.1) is 0 Å². The minimum Gasteiger partial charge on any atom is -0.379 e. The maximum absolute atomic E-state index is 11.8. The highest BCUT2D eigenvalue weighted by Crippen LogP contribution is 2.16. The predicted molar refractivity (Wildman–Crippen MR) is 60.3 cm³/mol. The molecule has 0 bridgehead atoms. The standard InChI is InChI=1S/C13H16O3/c1-15-11-8-12(14)13(16-9-11)7-10-5-3-2-4-6-10/h2-6,11,13H,7-9H2,1H3. The molecule has 1 aliphatic rings.